The number of carbonyl (C=O) groups is 2. The topological polar surface area (TPSA) is 88.5 Å². The number of aromatic nitrogens is 1. The van der Waals surface area contributed by atoms with Gasteiger partial charge < -0.3 is 15.2 Å². The van der Waals surface area contributed by atoms with Crippen molar-refractivity contribution in [2.75, 3.05) is 0 Å². The highest BCUT2D eigenvalue weighted by atomic mass is 32.1. The Kier molecular flexibility index (Phi) is 8.53. The van der Waals surface area contributed by atoms with Crippen molar-refractivity contribution in [2.24, 2.45) is 0 Å². The summed E-state index contributed by atoms with van der Waals surface area (Å²) in [6.45, 7) is 7.87. The van der Waals surface area contributed by atoms with Gasteiger partial charge in [0.2, 0.25) is 0 Å². The third-order valence-electron chi connectivity index (χ3n) is 5.88. The van der Waals surface area contributed by atoms with E-state index in [-0.39, 0.29) is 25.0 Å². The number of aliphatic carboxylic acids is 1. The molecular formula is C29H30N2O4S2. The Balaban J connectivity index is 1.56. The molecule has 2 N–H and O–H groups in total. The van der Waals surface area contributed by atoms with E-state index in [4.69, 9.17) is 4.74 Å². The SMILES string of the molecule is Cc1ccc(-c2nc(C(=O)NCc3cc(CC(OC(C)C)C(=O)O)ccc3-c3ccsc3)c(C)s2)cc1. The van der Waals surface area contributed by atoms with Crippen LogP contribution in [0.1, 0.15) is 45.9 Å². The number of nitrogens with zero attached hydrogens (tertiary/aromatic N) is 1. The van der Waals surface area contributed by atoms with Crippen LogP contribution in [-0.4, -0.2) is 34.2 Å². The van der Waals surface area contributed by atoms with E-state index in [1.165, 1.54) is 16.9 Å². The number of carbonyl (C=O) groups excluding carboxylic acids is 1. The van der Waals surface area contributed by atoms with Crippen molar-refractivity contribution >= 4 is 34.6 Å². The summed E-state index contributed by atoms with van der Waals surface area (Å²) in [4.78, 5) is 30.3. The molecule has 0 aliphatic carbocycles. The van der Waals surface area contributed by atoms with Crippen LogP contribution in [0.5, 0.6) is 0 Å². The number of carboxylic acid groups (broad SMARTS) is 1. The van der Waals surface area contributed by atoms with Crippen LogP contribution >= 0.6 is 22.7 Å². The Morgan fingerprint density at radius 1 is 1.05 bits per heavy atom. The van der Waals surface area contributed by atoms with Gasteiger partial charge in [-0.3, -0.25) is 4.79 Å². The molecule has 0 aliphatic heterocycles. The van der Waals surface area contributed by atoms with Crippen molar-refractivity contribution in [1.29, 1.82) is 0 Å². The molecule has 6 nitrogen and oxygen atoms in total. The van der Waals surface area contributed by atoms with Crippen LogP contribution in [0.15, 0.2) is 59.3 Å². The molecule has 2 aromatic heterocycles. The number of thiophene rings is 1. The number of aryl methyl sites for hydroxylation is 2. The van der Waals surface area contributed by atoms with Crippen LogP contribution in [0, 0.1) is 13.8 Å². The molecule has 4 aromatic rings. The van der Waals surface area contributed by atoms with E-state index >= 15 is 0 Å². The van der Waals surface area contributed by atoms with Crippen LogP contribution in [0.4, 0.5) is 0 Å². The van der Waals surface area contributed by atoms with Gasteiger partial charge in [0.15, 0.2) is 6.10 Å². The van der Waals surface area contributed by atoms with E-state index in [1.54, 1.807) is 11.3 Å². The van der Waals surface area contributed by atoms with E-state index in [0.29, 0.717) is 5.69 Å². The molecule has 0 fully saturated rings. The first kappa shape index (κ1) is 26.7. The zero-order valence-corrected chi connectivity index (χ0v) is 22.9. The Hall–Kier alpha value is -3.33. The van der Waals surface area contributed by atoms with Crippen molar-refractivity contribution < 1.29 is 19.4 Å². The van der Waals surface area contributed by atoms with Crippen molar-refractivity contribution in [3.8, 4) is 21.7 Å². The van der Waals surface area contributed by atoms with Crippen molar-refractivity contribution in [3.63, 3.8) is 0 Å². The van der Waals surface area contributed by atoms with Gasteiger partial charge in [0.1, 0.15) is 10.7 Å². The fourth-order valence-corrected chi connectivity index (χ4v) is 5.61. The second-order valence-electron chi connectivity index (χ2n) is 9.19. The van der Waals surface area contributed by atoms with Gasteiger partial charge in [0, 0.05) is 23.4 Å². The number of ether oxygens (including phenoxy) is 1. The fraction of sp³-hybridized carbons (Fsp3) is 0.276. The van der Waals surface area contributed by atoms with Gasteiger partial charge >= 0.3 is 5.97 Å². The molecule has 0 saturated heterocycles. The number of hydrogen-bond donors (Lipinski definition) is 2. The summed E-state index contributed by atoms with van der Waals surface area (Å²) in [5.41, 5.74) is 6.38. The highest BCUT2D eigenvalue weighted by Gasteiger charge is 2.21. The highest BCUT2D eigenvalue weighted by molar-refractivity contribution is 7.15. The maximum Gasteiger partial charge on any atom is 0.333 e. The van der Waals surface area contributed by atoms with E-state index in [9.17, 15) is 14.7 Å². The molecular weight excluding hydrogens is 504 g/mol. The number of benzene rings is 2. The minimum atomic E-state index is -0.992. The van der Waals surface area contributed by atoms with E-state index < -0.39 is 12.1 Å². The summed E-state index contributed by atoms with van der Waals surface area (Å²) < 4.78 is 5.60. The number of rotatable bonds is 10. The van der Waals surface area contributed by atoms with E-state index in [2.05, 4.69) is 15.7 Å². The maximum atomic E-state index is 13.1. The third-order valence-corrected chi connectivity index (χ3v) is 7.59. The Morgan fingerprint density at radius 3 is 2.46 bits per heavy atom. The van der Waals surface area contributed by atoms with Gasteiger partial charge in [-0.2, -0.15) is 11.3 Å². The van der Waals surface area contributed by atoms with Crippen LogP contribution in [0.2, 0.25) is 0 Å². The first-order valence-electron chi connectivity index (χ1n) is 12.1. The van der Waals surface area contributed by atoms with Gasteiger partial charge in [0.25, 0.3) is 5.91 Å². The smallest absolute Gasteiger partial charge is 0.333 e. The number of amides is 1. The molecule has 4 rings (SSSR count). The highest BCUT2D eigenvalue weighted by Crippen LogP contribution is 2.29. The average molecular weight is 535 g/mol. The lowest BCUT2D eigenvalue weighted by molar-refractivity contribution is -0.153. The molecule has 1 unspecified atom stereocenters. The Morgan fingerprint density at radius 2 is 1.81 bits per heavy atom. The summed E-state index contributed by atoms with van der Waals surface area (Å²) in [6, 6.07) is 16.0. The summed E-state index contributed by atoms with van der Waals surface area (Å²) in [5, 5.41) is 17.5. The molecule has 1 amide bonds. The first-order chi connectivity index (χ1) is 17.7. The predicted octanol–water partition coefficient (Wildman–Crippen LogP) is 6.51. The largest absolute Gasteiger partial charge is 0.479 e. The summed E-state index contributed by atoms with van der Waals surface area (Å²) in [7, 11) is 0. The lowest BCUT2D eigenvalue weighted by Gasteiger charge is -2.18. The predicted molar refractivity (Wildman–Crippen MR) is 149 cm³/mol. The monoisotopic (exact) mass is 534 g/mol. The van der Waals surface area contributed by atoms with Crippen LogP contribution < -0.4 is 5.32 Å². The Bertz CT molecular complexity index is 1380. The summed E-state index contributed by atoms with van der Waals surface area (Å²) >= 11 is 3.10. The standard InChI is InChI=1S/C29H30N2O4S2/c1-17(2)35-25(29(33)34)14-20-7-10-24(22-11-12-36-16-22)23(13-20)15-30-27(32)26-19(4)37-28(31-26)21-8-5-18(3)6-9-21/h5-13,16-17,25H,14-15H2,1-4H3,(H,30,32)(H,33,34). The normalized spacial score (nSPS) is 12.0. The van der Waals surface area contributed by atoms with Crippen LogP contribution in [0.25, 0.3) is 21.7 Å². The van der Waals surface area contributed by atoms with Crippen molar-refractivity contribution in [1.82, 2.24) is 10.3 Å². The zero-order chi connectivity index (χ0) is 26.5. The molecule has 0 spiro atoms. The molecule has 0 radical (unpaired) electrons. The fourth-order valence-electron chi connectivity index (χ4n) is 4.04. The molecule has 1 atom stereocenters. The number of carboxylic acids is 1. The summed E-state index contributed by atoms with van der Waals surface area (Å²) in [5.74, 6) is -1.23. The van der Waals surface area contributed by atoms with Gasteiger partial charge in [-0.25, -0.2) is 9.78 Å². The van der Waals surface area contributed by atoms with Gasteiger partial charge in [-0.05, 0) is 66.8 Å². The zero-order valence-electron chi connectivity index (χ0n) is 21.3. The molecule has 2 heterocycles. The van der Waals surface area contributed by atoms with E-state index in [1.807, 2.05) is 81.6 Å². The number of hydrogen-bond acceptors (Lipinski definition) is 6. The minimum absolute atomic E-state index is 0.198. The lowest BCUT2D eigenvalue weighted by atomic mass is 9.97. The molecule has 0 aliphatic rings. The van der Waals surface area contributed by atoms with Crippen molar-refractivity contribution in [2.45, 2.75) is 52.9 Å². The summed E-state index contributed by atoms with van der Waals surface area (Å²) in [6.07, 6.45) is -0.896. The van der Waals surface area contributed by atoms with Gasteiger partial charge in [-0.15, -0.1) is 11.3 Å². The van der Waals surface area contributed by atoms with E-state index in [0.717, 1.165) is 37.7 Å². The molecule has 0 bridgehead atoms. The molecule has 37 heavy (non-hydrogen) atoms. The molecule has 8 heteroatoms. The molecule has 2 aromatic carbocycles. The number of nitrogens with one attached hydrogen (secondary N) is 1. The second kappa shape index (κ2) is 11.8. The molecule has 0 saturated carbocycles. The van der Waals surface area contributed by atoms with Crippen molar-refractivity contribution in [3.05, 3.63) is 86.6 Å². The first-order valence-corrected chi connectivity index (χ1v) is 13.8. The van der Waals surface area contributed by atoms with Crippen LogP contribution in [-0.2, 0) is 22.5 Å². The minimum Gasteiger partial charge on any atom is -0.479 e. The Labute approximate surface area is 225 Å². The van der Waals surface area contributed by atoms with Gasteiger partial charge in [0.05, 0.1) is 6.10 Å². The second-order valence-corrected chi connectivity index (χ2v) is 11.2. The quantitative estimate of drug-likeness (QED) is 0.242. The number of thiazole rings is 1. The maximum absolute atomic E-state index is 13.1. The lowest BCUT2D eigenvalue weighted by Crippen LogP contribution is -2.29. The third kappa shape index (κ3) is 6.71. The molecule has 192 valence electrons. The van der Waals surface area contributed by atoms with Crippen LogP contribution in [0.3, 0.4) is 0 Å². The van der Waals surface area contributed by atoms with Gasteiger partial charge in [-0.1, -0.05) is 48.0 Å². The average Bonchev–Trinajstić information content (AvgIpc) is 3.52.